The molecule has 9 N–H and O–H groups in total. The summed E-state index contributed by atoms with van der Waals surface area (Å²) in [5, 5.41) is 26.1. The average Bonchev–Trinajstić information content (AvgIpc) is 2.68. The quantitative estimate of drug-likeness (QED) is 0.140. The number of rotatable bonds is 15. The normalized spacial score (nSPS) is 15.9. The molecule has 3 amide bonds. The fourth-order valence-corrected chi connectivity index (χ4v) is 2.89. The monoisotopic (exact) mass is 449 g/mol. The van der Waals surface area contributed by atoms with Crippen LogP contribution in [-0.2, 0) is 19.2 Å². The summed E-state index contributed by atoms with van der Waals surface area (Å²) >= 11 is 1.46. The Bertz CT molecular complexity index is 577. The first-order chi connectivity index (χ1) is 14.0. The number of thioether (sulfide) groups is 1. The number of nitrogens with two attached hydrogens (primary N) is 2. The van der Waals surface area contributed by atoms with Crippen molar-refractivity contribution >= 4 is 35.5 Å². The van der Waals surface area contributed by atoms with E-state index in [1.54, 1.807) is 0 Å². The number of aliphatic hydroxyl groups is 1. The van der Waals surface area contributed by atoms with Gasteiger partial charge in [0.25, 0.3) is 0 Å². The second-order valence-corrected chi connectivity index (χ2v) is 8.01. The first kappa shape index (κ1) is 28.1. The summed E-state index contributed by atoms with van der Waals surface area (Å²) in [4.78, 5) is 48.4. The van der Waals surface area contributed by atoms with Crippen molar-refractivity contribution in [1.29, 1.82) is 0 Å². The van der Waals surface area contributed by atoms with E-state index in [1.165, 1.54) is 25.6 Å². The van der Waals surface area contributed by atoms with Crippen molar-refractivity contribution in [2.45, 2.75) is 69.8 Å². The van der Waals surface area contributed by atoms with Gasteiger partial charge < -0.3 is 37.6 Å². The van der Waals surface area contributed by atoms with Gasteiger partial charge in [0.05, 0.1) is 6.10 Å². The van der Waals surface area contributed by atoms with Crippen LogP contribution in [0.2, 0.25) is 0 Å². The lowest BCUT2D eigenvalue weighted by atomic mass is 10.1. The highest BCUT2D eigenvalue weighted by atomic mass is 32.2. The van der Waals surface area contributed by atoms with Gasteiger partial charge in [-0.1, -0.05) is 0 Å². The van der Waals surface area contributed by atoms with Gasteiger partial charge in [-0.3, -0.25) is 14.4 Å². The summed E-state index contributed by atoms with van der Waals surface area (Å²) in [6.07, 6.45) is 2.42. The molecule has 0 heterocycles. The van der Waals surface area contributed by atoms with E-state index in [4.69, 9.17) is 11.5 Å². The van der Waals surface area contributed by atoms with Crippen LogP contribution in [0.4, 0.5) is 0 Å². The van der Waals surface area contributed by atoms with Gasteiger partial charge >= 0.3 is 5.97 Å². The predicted octanol–water partition coefficient (Wildman–Crippen LogP) is -1.86. The van der Waals surface area contributed by atoms with Crippen molar-refractivity contribution in [3.8, 4) is 0 Å². The Morgan fingerprint density at radius 3 is 2.03 bits per heavy atom. The summed E-state index contributed by atoms with van der Waals surface area (Å²) in [5.41, 5.74) is 11.0. The van der Waals surface area contributed by atoms with Crippen LogP contribution in [0, 0.1) is 0 Å². The third-order valence-electron chi connectivity index (χ3n) is 4.38. The number of carbonyl (C=O) groups is 4. The molecule has 0 saturated heterocycles. The molecule has 11 nitrogen and oxygen atoms in total. The highest BCUT2D eigenvalue weighted by Gasteiger charge is 2.29. The van der Waals surface area contributed by atoms with E-state index in [-0.39, 0.29) is 12.8 Å². The highest BCUT2D eigenvalue weighted by molar-refractivity contribution is 7.98. The SMILES string of the molecule is CSCCC(NC(=O)C(CCCCN)NC(=O)C(C)NC(=O)C(N)C(C)O)C(=O)O. The maximum Gasteiger partial charge on any atom is 0.326 e. The van der Waals surface area contributed by atoms with Crippen molar-refractivity contribution in [1.82, 2.24) is 16.0 Å². The molecule has 0 saturated carbocycles. The van der Waals surface area contributed by atoms with Crippen molar-refractivity contribution < 1.29 is 29.4 Å². The molecule has 5 unspecified atom stereocenters. The number of hydrogen-bond acceptors (Lipinski definition) is 8. The van der Waals surface area contributed by atoms with E-state index in [1.807, 2.05) is 6.26 Å². The predicted molar refractivity (Wildman–Crippen MR) is 115 cm³/mol. The maximum absolute atomic E-state index is 12.6. The molecule has 0 radical (unpaired) electrons. The second-order valence-electron chi connectivity index (χ2n) is 7.02. The molecule has 0 rings (SSSR count). The molecule has 12 heteroatoms. The molecule has 0 aromatic heterocycles. The average molecular weight is 450 g/mol. The zero-order valence-corrected chi connectivity index (χ0v) is 18.5. The van der Waals surface area contributed by atoms with Crippen LogP contribution in [0.25, 0.3) is 0 Å². The minimum atomic E-state index is -1.20. The van der Waals surface area contributed by atoms with E-state index in [0.717, 1.165) is 0 Å². The number of aliphatic hydroxyl groups excluding tert-OH is 1. The van der Waals surface area contributed by atoms with E-state index < -0.39 is 54.0 Å². The van der Waals surface area contributed by atoms with Crippen LogP contribution in [0.15, 0.2) is 0 Å². The third-order valence-corrected chi connectivity index (χ3v) is 5.02. The second kappa shape index (κ2) is 15.0. The number of amides is 3. The largest absolute Gasteiger partial charge is 0.480 e. The molecular formula is C18H35N5O6S. The van der Waals surface area contributed by atoms with Crippen LogP contribution >= 0.6 is 11.8 Å². The van der Waals surface area contributed by atoms with E-state index in [2.05, 4.69) is 16.0 Å². The fraction of sp³-hybridized carbons (Fsp3) is 0.778. The molecule has 0 bridgehead atoms. The van der Waals surface area contributed by atoms with Gasteiger partial charge in [0.15, 0.2) is 0 Å². The lowest BCUT2D eigenvalue weighted by Crippen LogP contribution is -2.57. The van der Waals surface area contributed by atoms with E-state index in [9.17, 15) is 29.4 Å². The summed E-state index contributed by atoms with van der Waals surface area (Å²) in [6, 6.07) is -4.26. The zero-order valence-electron chi connectivity index (χ0n) is 17.7. The number of hydrogen-bond donors (Lipinski definition) is 7. The smallest absolute Gasteiger partial charge is 0.326 e. The number of carbonyl (C=O) groups excluding carboxylic acids is 3. The van der Waals surface area contributed by atoms with Crippen LogP contribution < -0.4 is 27.4 Å². The Labute approximate surface area is 181 Å². The third kappa shape index (κ3) is 10.8. The number of nitrogens with one attached hydrogen (secondary N) is 3. The number of carboxylic acid groups (broad SMARTS) is 1. The Morgan fingerprint density at radius 1 is 0.933 bits per heavy atom. The number of aliphatic carboxylic acids is 1. The fourth-order valence-electron chi connectivity index (χ4n) is 2.42. The van der Waals surface area contributed by atoms with Gasteiger partial charge in [0, 0.05) is 0 Å². The molecule has 0 spiro atoms. The zero-order chi connectivity index (χ0) is 23.3. The van der Waals surface area contributed by atoms with E-state index >= 15 is 0 Å². The molecule has 0 aliphatic rings. The topological polar surface area (TPSA) is 197 Å². The summed E-state index contributed by atoms with van der Waals surface area (Å²) in [5.74, 6) is -2.57. The Balaban J connectivity index is 5.09. The van der Waals surface area contributed by atoms with Crippen LogP contribution in [-0.4, -0.2) is 82.7 Å². The Morgan fingerprint density at radius 2 is 1.53 bits per heavy atom. The van der Waals surface area contributed by atoms with Crippen molar-refractivity contribution in [2.24, 2.45) is 11.5 Å². The van der Waals surface area contributed by atoms with Crippen molar-refractivity contribution in [3.63, 3.8) is 0 Å². The van der Waals surface area contributed by atoms with Gasteiger partial charge in [-0.05, 0) is 58.1 Å². The molecule has 0 fully saturated rings. The number of carboxylic acids is 1. The van der Waals surface area contributed by atoms with Gasteiger partial charge in [-0.25, -0.2) is 4.79 Å². The molecule has 30 heavy (non-hydrogen) atoms. The van der Waals surface area contributed by atoms with Crippen LogP contribution in [0.5, 0.6) is 0 Å². The minimum Gasteiger partial charge on any atom is -0.480 e. The molecule has 5 atom stereocenters. The number of unbranched alkanes of at least 4 members (excludes halogenated alkanes) is 1. The lowest BCUT2D eigenvalue weighted by molar-refractivity contribution is -0.142. The first-order valence-corrected chi connectivity index (χ1v) is 11.2. The Kier molecular flexibility index (Phi) is 14.0. The highest BCUT2D eigenvalue weighted by Crippen LogP contribution is 2.05. The summed E-state index contributed by atoms with van der Waals surface area (Å²) in [6.45, 7) is 3.18. The van der Waals surface area contributed by atoms with Gasteiger partial charge in [-0.15, -0.1) is 0 Å². The molecule has 0 aromatic carbocycles. The molecule has 0 aliphatic carbocycles. The molecule has 0 aromatic rings. The lowest BCUT2D eigenvalue weighted by Gasteiger charge is -2.24. The van der Waals surface area contributed by atoms with Crippen LogP contribution in [0.1, 0.15) is 39.5 Å². The van der Waals surface area contributed by atoms with E-state index in [0.29, 0.717) is 25.1 Å². The van der Waals surface area contributed by atoms with Gasteiger partial charge in [0.2, 0.25) is 17.7 Å². The summed E-state index contributed by atoms with van der Waals surface area (Å²) in [7, 11) is 0. The standard InChI is InChI=1S/C18H35N5O6S/c1-10(21-17(27)14(20)11(2)24)15(25)22-12(6-4-5-8-19)16(26)23-13(18(28)29)7-9-30-3/h10-14,24H,4-9,19-20H2,1-3H3,(H,21,27)(H,22,25)(H,23,26)(H,28,29). The maximum atomic E-state index is 12.6. The first-order valence-electron chi connectivity index (χ1n) is 9.81. The van der Waals surface area contributed by atoms with Crippen LogP contribution in [0.3, 0.4) is 0 Å². The summed E-state index contributed by atoms with van der Waals surface area (Å²) < 4.78 is 0. The van der Waals surface area contributed by atoms with Gasteiger partial charge in [0.1, 0.15) is 24.2 Å². The van der Waals surface area contributed by atoms with Crippen molar-refractivity contribution in [3.05, 3.63) is 0 Å². The Hall–Kier alpha value is -1.89. The minimum absolute atomic E-state index is 0.245. The molecule has 0 aliphatic heterocycles. The molecule has 174 valence electrons. The molecular weight excluding hydrogens is 414 g/mol. The van der Waals surface area contributed by atoms with Crippen molar-refractivity contribution in [2.75, 3.05) is 18.6 Å². The van der Waals surface area contributed by atoms with Gasteiger partial charge in [-0.2, -0.15) is 11.8 Å².